The summed E-state index contributed by atoms with van der Waals surface area (Å²) >= 11 is 0. The second kappa shape index (κ2) is 33.6. The molecule has 270 valence electrons. The Balaban J connectivity index is 1.93. The summed E-state index contributed by atoms with van der Waals surface area (Å²) in [6.07, 6.45) is 44.2. The van der Waals surface area contributed by atoms with Crippen molar-refractivity contribution in [1.82, 2.24) is 0 Å². The quantitative estimate of drug-likeness (QED) is 0.0419. The first-order chi connectivity index (χ1) is 23.2. The van der Waals surface area contributed by atoms with Crippen LogP contribution in [-0.4, -0.2) is 25.2 Å². The van der Waals surface area contributed by atoms with Crippen LogP contribution in [0.15, 0.2) is 40.9 Å². The highest BCUT2D eigenvalue weighted by atomic mass is 16.6. The zero-order valence-corrected chi connectivity index (χ0v) is 30.7. The fourth-order valence-corrected chi connectivity index (χ4v) is 5.73. The number of carbonyl (C=O) groups is 2. The number of furan rings is 1. The summed E-state index contributed by atoms with van der Waals surface area (Å²) in [4.78, 5) is 24.6. The summed E-state index contributed by atoms with van der Waals surface area (Å²) < 4.78 is 16.1. The SMILES string of the molecule is CCCCCCCC/C=C\CCCCCCCCOC(=O)c1ccc(C(=O)OCCCCCCCC/C=C\CCCCCCCC)o1. The molecule has 0 spiro atoms. The molecule has 1 heterocycles. The van der Waals surface area contributed by atoms with Gasteiger partial charge in [-0.25, -0.2) is 9.59 Å². The maximum absolute atomic E-state index is 12.3. The van der Waals surface area contributed by atoms with Crippen molar-refractivity contribution in [3.05, 3.63) is 48.0 Å². The molecule has 0 aliphatic heterocycles. The number of hydrogen-bond donors (Lipinski definition) is 0. The molecule has 0 aliphatic rings. The van der Waals surface area contributed by atoms with Crippen molar-refractivity contribution in [2.24, 2.45) is 0 Å². The Morgan fingerprint density at radius 3 is 1.04 bits per heavy atom. The third-order valence-electron chi connectivity index (χ3n) is 8.79. The highest BCUT2D eigenvalue weighted by Gasteiger charge is 2.17. The molecular formula is C42H72O5. The van der Waals surface area contributed by atoms with Crippen LogP contribution in [0.5, 0.6) is 0 Å². The van der Waals surface area contributed by atoms with Crippen LogP contribution >= 0.6 is 0 Å². The molecule has 1 aromatic heterocycles. The van der Waals surface area contributed by atoms with E-state index < -0.39 is 11.9 Å². The fourth-order valence-electron chi connectivity index (χ4n) is 5.73. The molecule has 0 amide bonds. The van der Waals surface area contributed by atoms with Gasteiger partial charge in [-0.05, 0) is 76.3 Å². The third kappa shape index (κ3) is 27.4. The second-order valence-electron chi connectivity index (χ2n) is 13.3. The Bertz CT molecular complexity index is 828. The van der Waals surface area contributed by atoms with Crippen molar-refractivity contribution >= 4 is 11.9 Å². The number of carbonyl (C=O) groups excluding carboxylic acids is 2. The molecule has 1 rings (SSSR count). The topological polar surface area (TPSA) is 65.7 Å². The van der Waals surface area contributed by atoms with Crippen LogP contribution < -0.4 is 0 Å². The fraction of sp³-hybridized carbons (Fsp3) is 0.762. The van der Waals surface area contributed by atoms with E-state index >= 15 is 0 Å². The number of ether oxygens (including phenoxy) is 2. The first-order valence-corrected chi connectivity index (χ1v) is 19.9. The summed E-state index contributed by atoms with van der Waals surface area (Å²) in [5.41, 5.74) is 0. The number of hydrogen-bond acceptors (Lipinski definition) is 5. The Hall–Kier alpha value is -2.30. The monoisotopic (exact) mass is 657 g/mol. The highest BCUT2D eigenvalue weighted by Crippen LogP contribution is 2.14. The molecule has 0 saturated carbocycles. The van der Waals surface area contributed by atoms with Crippen molar-refractivity contribution in [3.8, 4) is 0 Å². The molecule has 0 unspecified atom stereocenters. The molecule has 47 heavy (non-hydrogen) atoms. The van der Waals surface area contributed by atoms with Crippen LogP contribution in [0, 0.1) is 0 Å². The summed E-state index contributed by atoms with van der Waals surface area (Å²) in [6, 6.07) is 2.98. The van der Waals surface area contributed by atoms with E-state index in [2.05, 4.69) is 38.2 Å². The van der Waals surface area contributed by atoms with Gasteiger partial charge in [0.2, 0.25) is 11.5 Å². The van der Waals surface area contributed by atoms with E-state index in [0.717, 1.165) is 38.5 Å². The minimum absolute atomic E-state index is 0.0544. The average molecular weight is 657 g/mol. The zero-order chi connectivity index (χ0) is 33.9. The molecule has 5 heteroatoms. The minimum atomic E-state index is -0.523. The predicted molar refractivity (Wildman–Crippen MR) is 198 cm³/mol. The van der Waals surface area contributed by atoms with Crippen LogP contribution in [0.3, 0.4) is 0 Å². The summed E-state index contributed by atoms with van der Waals surface area (Å²) in [5.74, 6) is -0.937. The smallest absolute Gasteiger partial charge is 0.374 e. The predicted octanol–water partition coefficient (Wildman–Crippen LogP) is 13.7. The van der Waals surface area contributed by atoms with Gasteiger partial charge in [0.05, 0.1) is 13.2 Å². The molecule has 0 bridgehead atoms. The first-order valence-electron chi connectivity index (χ1n) is 19.9. The lowest BCUT2D eigenvalue weighted by molar-refractivity contribution is 0.0426. The van der Waals surface area contributed by atoms with E-state index in [1.54, 1.807) is 0 Å². The molecule has 0 aliphatic carbocycles. The van der Waals surface area contributed by atoms with Crippen LogP contribution in [0.25, 0.3) is 0 Å². The molecule has 0 aromatic carbocycles. The molecule has 1 aromatic rings. The lowest BCUT2D eigenvalue weighted by Crippen LogP contribution is -2.07. The third-order valence-corrected chi connectivity index (χ3v) is 8.79. The number of rotatable bonds is 34. The second-order valence-corrected chi connectivity index (χ2v) is 13.3. The van der Waals surface area contributed by atoms with Crippen LogP contribution in [-0.2, 0) is 9.47 Å². The molecule has 0 fully saturated rings. The molecule has 0 N–H and O–H groups in total. The maximum atomic E-state index is 12.3. The van der Waals surface area contributed by atoms with Gasteiger partial charge in [0.1, 0.15) is 0 Å². The Morgan fingerprint density at radius 1 is 0.447 bits per heavy atom. The molecular weight excluding hydrogens is 584 g/mol. The van der Waals surface area contributed by atoms with E-state index in [9.17, 15) is 9.59 Å². The molecule has 0 atom stereocenters. The molecule has 5 nitrogen and oxygen atoms in total. The first kappa shape index (κ1) is 42.7. The van der Waals surface area contributed by atoms with Gasteiger partial charge < -0.3 is 13.9 Å². The van der Waals surface area contributed by atoms with E-state index in [1.165, 1.54) is 153 Å². The van der Waals surface area contributed by atoms with Gasteiger partial charge in [-0.1, -0.05) is 154 Å². The minimum Gasteiger partial charge on any atom is -0.460 e. The Kier molecular flexibility index (Phi) is 30.5. The maximum Gasteiger partial charge on any atom is 0.374 e. The zero-order valence-electron chi connectivity index (χ0n) is 30.7. The van der Waals surface area contributed by atoms with Crippen molar-refractivity contribution in [1.29, 1.82) is 0 Å². The van der Waals surface area contributed by atoms with E-state index in [1.807, 2.05) is 0 Å². The highest BCUT2D eigenvalue weighted by molar-refractivity contribution is 5.90. The Morgan fingerprint density at radius 2 is 0.723 bits per heavy atom. The largest absolute Gasteiger partial charge is 0.460 e. The molecule has 0 radical (unpaired) electrons. The van der Waals surface area contributed by atoms with Gasteiger partial charge in [0.25, 0.3) is 0 Å². The summed E-state index contributed by atoms with van der Waals surface area (Å²) in [6.45, 7) is 5.27. The number of esters is 2. The summed E-state index contributed by atoms with van der Waals surface area (Å²) in [7, 11) is 0. The van der Waals surface area contributed by atoms with Crippen LogP contribution in [0.1, 0.15) is 215 Å². The van der Waals surface area contributed by atoms with Crippen LogP contribution in [0.4, 0.5) is 0 Å². The van der Waals surface area contributed by atoms with Gasteiger partial charge in [-0.15, -0.1) is 0 Å². The van der Waals surface area contributed by atoms with Crippen molar-refractivity contribution in [2.45, 2.75) is 194 Å². The normalized spacial score (nSPS) is 11.6. The lowest BCUT2D eigenvalue weighted by atomic mass is 10.1. The Labute approximate surface area is 289 Å². The van der Waals surface area contributed by atoms with Gasteiger partial charge in [0.15, 0.2) is 0 Å². The van der Waals surface area contributed by atoms with Crippen LogP contribution in [0.2, 0.25) is 0 Å². The summed E-state index contributed by atoms with van der Waals surface area (Å²) in [5, 5.41) is 0. The standard InChI is InChI=1S/C42H72O5/c1-3-5-7-9-11-13-15-17-19-21-23-25-27-29-31-33-37-45-41(43)39-35-36-40(47-39)42(44)46-38-34-32-30-28-26-24-22-20-18-16-14-12-10-8-6-4-2/h17-20,35-36H,3-16,21-34,37-38H2,1-2H3/b19-17-,20-18-. The number of unbranched alkanes of at least 4 members (excludes halogenated alkanes) is 24. The molecule has 0 saturated heterocycles. The average Bonchev–Trinajstić information content (AvgIpc) is 3.58. The van der Waals surface area contributed by atoms with E-state index in [-0.39, 0.29) is 11.5 Å². The van der Waals surface area contributed by atoms with Crippen molar-refractivity contribution in [3.63, 3.8) is 0 Å². The van der Waals surface area contributed by atoms with Crippen molar-refractivity contribution < 1.29 is 23.5 Å². The lowest BCUT2D eigenvalue weighted by Gasteiger charge is -2.04. The van der Waals surface area contributed by atoms with Crippen molar-refractivity contribution in [2.75, 3.05) is 13.2 Å². The van der Waals surface area contributed by atoms with Gasteiger partial charge in [0, 0.05) is 0 Å². The van der Waals surface area contributed by atoms with Gasteiger partial charge >= 0.3 is 11.9 Å². The van der Waals surface area contributed by atoms with E-state index in [4.69, 9.17) is 13.9 Å². The van der Waals surface area contributed by atoms with Gasteiger partial charge in [-0.2, -0.15) is 0 Å². The van der Waals surface area contributed by atoms with E-state index in [0.29, 0.717) is 13.2 Å². The van der Waals surface area contributed by atoms with Gasteiger partial charge in [-0.3, -0.25) is 0 Å². The number of allylic oxidation sites excluding steroid dienone is 4.